The highest BCUT2D eigenvalue weighted by molar-refractivity contribution is 8.18. The van der Waals surface area contributed by atoms with E-state index in [1.165, 1.54) is 25.3 Å². The molecule has 0 atom stereocenters. The summed E-state index contributed by atoms with van der Waals surface area (Å²) >= 11 is 6.76. The third-order valence-electron chi connectivity index (χ3n) is 4.39. The van der Waals surface area contributed by atoms with Crippen molar-refractivity contribution in [2.45, 2.75) is 13.5 Å². The van der Waals surface area contributed by atoms with Gasteiger partial charge < -0.3 is 14.2 Å². The number of amides is 2. The normalized spacial score (nSPS) is 14.8. The van der Waals surface area contributed by atoms with E-state index in [0.29, 0.717) is 17.1 Å². The fourth-order valence-electron chi connectivity index (χ4n) is 2.84. The Kier molecular flexibility index (Phi) is 7.76. The zero-order chi connectivity index (χ0) is 23.3. The van der Waals surface area contributed by atoms with E-state index >= 15 is 0 Å². The van der Waals surface area contributed by atoms with Crippen LogP contribution in [0.4, 0.5) is 9.18 Å². The number of rotatable bonds is 8. The van der Waals surface area contributed by atoms with Crippen LogP contribution in [0.3, 0.4) is 0 Å². The van der Waals surface area contributed by atoms with Gasteiger partial charge in [-0.1, -0.05) is 23.7 Å². The van der Waals surface area contributed by atoms with E-state index < -0.39 is 29.5 Å². The molecule has 0 radical (unpaired) electrons. The van der Waals surface area contributed by atoms with Gasteiger partial charge in [-0.25, -0.2) is 4.39 Å². The van der Waals surface area contributed by atoms with E-state index in [1.54, 1.807) is 31.2 Å². The number of imide groups is 1. The third kappa shape index (κ3) is 5.41. The van der Waals surface area contributed by atoms with Crippen molar-refractivity contribution < 1.29 is 33.0 Å². The molecule has 168 valence electrons. The van der Waals surface area contributed by atoms with Gasteiger partial charge in [0.15, 0.2) is 11.5 Å². The standard InChI is InChI=1S/C22H19ClFNO6S/c1-3-30-20(26)11-25-21(27)19(32-22(25)28)10-13-7-8-17(29-2)18(9-13)31-12-14-15(23)5-4-6-16(14)24/h4-10H,3,11-12H2,1-2H3/b19-10+. The molecule has 2 amide bonds. The second kappa shape index (κ2) is 10.5. The van der Waals surface area contributed by atoms with Gasteiger partial charge in [-0.15, -0.1) is 0 Å². The molecule has 0 saturated carbocycles. The molecule has 2 aromatic carbocycles. The number of esters is 1. The Bertz CT molecular complexity index is 1070. The smallest absolute Gasteiger partial charge is 0.326 e. The molecule has 0 spiro atoms. The predicted molar refractivity (Wildman–Crippen MR) is 118 cm³/mol. The number of hydrogen-bond donors (Lipinski definition) is 0. The van der Waals surface area contributed by atoms with Crippen molar-refractivity contribution in [2.24, 2.45) is 0 Å². The van der Waals surface area contributed by atoms with E-state index in [2.05, 4.69) is 0 Å². The van der Waals surface area contributed by atoms with Crippen LogP contribution in [0.5, 0.6) is 11.5 Å². The first kappa shape index (κ1) is 23.6. The average molecular weight is 480 g/mol. The molecule has 0 aromatic heterocycles. The fourth-order valence-corrected chi connectivity index (χ4v) is 3.90. The largest absolute Gasteiger partial charge is 0.493 e. The van der Waals surface area contributed by atoms with Gasteiger partial charge >= 0.3 is 5.97 Å². The van der Waals surface area contributed by atoms with Gasteiger partial charge in [0, 0.05) is 5.56 Å². The highest BCUT2D eigenvalue weighted by Crippen LogP contribution is 2.35. The van der Waals surface area contributed by atoms with Crippen LogP contribution in [0.25, 0.3) is 6.08 Å². The van der Waals surface area contributed by atoms with E-state index in [1.807, 2.05) is 0 Å². The van der Waals surface area contributed by atoms with Gasteiger partial charge in [0.1, 0.15) is 19.0 Å². The molecule has 0 unspecified atom stereocenters. The first-order chi connectivity index (χ1) is 15.3. The summed E-state index contributed by atoms with van der Waals surface area (Å²) in [6.45, 7) is 1.20. The van der Waals surface area contributed by atoms with Crippen molar-refractivity contribution in [1.29, 1.82) is 0 Å². The lowest BCUT2D eigenvalue weighted by Crippen LogP contribution is -2.34. The number of carbonyl (C=O) groups is 3. The molecule has 10 heteroatoms. The lowest BCUT2D eigenvalue weighted by atomic mass is 10.1. The van der Waals surface area contributed by atoms with Crippen molar-refractivity contribution in [3.63, 3.8) is 0 Å². The number of methoxy groups -OCH3 is 1. The van der Waals surface area contributed by atoms with Crippen LogP contribution in [-0.4, -0.2) is 42.3 Å². The van der Waals surface area contributed by atoms with Gasteiger partial charge in [-0.05, 0) is 54.6 Å². The Labute approximate surface area is 193 Å². The van der Waals surface area contributed by atoms with Gasteiger partial charge in [0.2, 0.25) is 0 Å². The maximum Gasteiger partial charge on any atom is 0.326 e. The topological polar surface area (TPSA) is 82.1 Å². The Morgan fingerprint density at radius 1 is 1.22 bits per heavy atom. The van der Waals surface area contributed by atoms with Crippen LogP contribution in [0, 0.1) is 5.82 Å². The van der Waals surface area contributed by atoms with Gasteiger partial charge in [-0.3, -0.25) is 19.3 Å². The van der Waals surface area contributed by atoms with E-state index in [-0.39, 0.29) is 28.7 Å². The van der Waals surface area contributed by atoms with Crippen LogP contribution in [0.15, 0.2) is 41.3 Å². The molecule has 0 N–H and O–H groups in total. The third-order valence-corrected chi connectivity index (χ3v) is 5.65. The molecular formula is C22H19ClFNO6S. The number of hydrogen-bond acceptors (Lipinski definition) is 7. The molecule has 2 aromatic rings. The van der Waals surface area contributed by atoms with Crippen LogP contribution in [-0.2, 0) is 20.9 Å². The van der Waals surface area contributed by atoms with Crippen LogP contribution >= 0.6 is 23.4 Å². The summed E-state index contributed by atoms with van der Waals surface area (Å²) in [6, 6.07) is 9.21. The summed E-state index contributed by atoms with van der Waals surface area (Å²) < 4.78 is 29.8. The van der Waals surface area contributed by atoms with Crippen molar-refractivity contribution in [2.75, 3.05) is 20.3 Å². The second-order valence-corrected chi connectivity index (χ2v) is 7.87. The van der Waals surface area contributed by atoms with Crippen molar-refractivity contribution in [3.8, 4) is 11.5 Å². The molecule has 1 aliphatic rings. The first-order valence-electron chi connectivity index (χ1n) is 9.48. The molecule has 1 fully saturated rings. The number of carbonyl (C=O) groups excluding carboxylic acids is 3. The van der Waals surface area contributed by atoms with Crippen LogP contribution < -0.4 is 9.47 Å². The second-order valence-electron chi connectivity index (χ2n) is 6.47. The molecule has 32 heavy (non-hydrogen) atoms. The predicted octanol–water partition coefficient (Wildman–Crippen LogP) is 4.67. The maximum atomic E-state index is 14.0. The van der Waals surface area contributed by atoms with Crippen LogP contribution in [0.2, 0.25) is 5.02 Å². The molecule has 0 aliphatic carbocycles. The Balaban J connectivity index is 1.80. The SMILES string of the molecule is CCOC(=O)CN1C(=O)S/C(=C/c2ccc(OC)c(OCc3c(F)cccc3Cl)c2)C1=O. The highest BCUT2D eigenvalue weighted by Gasteiger charge is 2.36. The number of benzene rings is 2. The minimum Gasteiger partial charge on any atom is -0.493 e. The zero-order valence-corrected chi connectivity index (χ0v) is 18.8. The minimum absolute atomic E-state index is 0.138. The quantitative estimate of drug-likeness (QED) is 0.402. The summed E-state index contributed by atoms with van der Waals surface area (Å²) in [5, 5.41) is -0.330. The van der Waals surface area contributed by atoms with Crippen molar-refractivity contribution in [3.05, 3.63) is 63.3 Å². The molecule has 1 aliphatic heterocycles. The van der Waals surface area contributed by atoms with Crippen LogP contribution in [0.1, 0.15) is 18.1 Å². The molecule has 1 heterocycles. The number of thioether (sulfide) groups is 1. The summed E-state index contributed by atoms with van der Waals surface area (Å²) in [5.41, 5.74) is 0.740. The average Bonchev–Trinajstić information content (AvgIpc) is 3.01. The van der Waals surface area contributed by atoms with Crippen molar-refractivity contribution in [1.82, 2.24) is 4.90 Å². The number of nitrogens with zero attached hydrogens (tertiary/aromatic N) is 1. The van der Waals surface area contributed by atoms with Gasteiger partial charge in [-0.2, -0.15) is 0 Å². The molecule has 1 saturated heterocycles. The fraction of sp³-hybridized carbons (Fsp3) is 0.227. The lowest BCUT2D eigenvalue weighted by molar-refractivity contribution is -0.145. The highest BCUT2D eigenvalue weighted by atomic mass is 35.5. The summed E-state index contributed by atoms with van der Waals surface area (Å²) in [6.07, 6.45) is 1.50. The van der Waals surface area contributed by atoms with Gasteiger partial charge in [0.05, 0.1) is 23.6 Å². The summed E-state index contributed by atoms with van der Waals surface area (Å²) in [4.78, 5) is 37.3. The number of halogens is 2. The van der Waals surface area contributed by atoms with E-state index in [0.717, 1.165) is 16.7 Å². The first-order valence-corrected chi connectivity index (χ1v) is 10.7. The van der Waals surface area contributed by atoms with Crippen molar-refractivity contribution >= 4 is 46.6 Å². The lowest BCUT2D eigenvalue weighted by Gasteiger charge is -2.13. The Morgan fingerprint density at radius 3 is 2.69 bits per heavy atom. The monoisotopic (exact) mass is 479 g/mol. The number of ether oxygens (including phenoxy) is 3. The van der Waals surface area contributed by atoms with E-state index in [4.69, 9.17) is 25.8 Å². The van der Waals surface area contributed by atoms with Gasteiger partial charge in [0.25, 0.3) is 11.1 Å². The molecular weight excluding hydrogens is 461 g/mol. The Hall–Kier alpha value is -3.04. The minimum atomic E-state index is -0.664. The molecule has 7 nitrogen and oxygen atoms in total. The summed E-state index contributed by atoms with van der Waals surface area (Å²) in [5.74, 6) is -1.06. The van der Waals surface area contributed by atoms with E-state index in [9.17, 15) is 18.8 Å². The summed E-state index contributed by atoms with van der Waals surface area (Å²) in [7, 11) is 1.46. The maximum absolute atomic E-state index is 14.0. The zero-order valence-electron chi connectivity index (χ0n) is 17.2. The molecule has 0 bridgehead atoms. The Morgan fingerprint density at radius 2 is 2.00 bits per heavy atom. The molecule has 3 rings (SSSR count).